The Morgan fingerprint density at radius 3 is 1.53 bits per heavy atom. The molecule has 8 nitrogen and oxygen atoms in total. The van der Waals surface area contributed by atoms with Crippen LogP contribution in [0.1, 0.15) is 76.3 Å². The van der Waals surface area contributed by atoms with Crippen molar-refractivity contribution in [3.63, 3.8) is 0 Å². The summed E-state index contributed by atoms with van der Waals surface area (Å²) < 4.78 is 11.6. The van der Waals surface area contributed by atoms with Crippen molar-refractivity contribution in [1.29, 1.82) is 10.5 Å². The monoisotopic (exact) mass is 510 g/mol. The zero-order valence-electron chi connectivity index (χ0n) is 22.0. The van der Waals surface area contributed by atoms with Crippen LogP contribution in [0.25, 0.3) is 0 Å². The van der Waals surface area contributed by atoms with E-state index < -0.39 is 11.8 Å². The minimum Gasteiger partial charge on any atom is -0.444 e. The van der Waals surface area contributed by atoms with Crippen LogP contribution in [0.15, 0.2) is 69.8 Å². The Morgan fingerprint density at radius 1 is 0.763 bits per heavy atom. The van der Waals surface area contributed by atoms with Crippen molar-refractivity contribution in [1.82, 2.24) is 0 Å². The maximum Gasteiger partial charge on any atom is 0.205 e. The maximum atomic E-state index is 13.4. The average Bonchev–Trinajstić information content (AvgIpc) is 2.80. The van der Waals surface area contributed by atoms with E-state index in [0.29, 0.717) is 59.5 Å². The van der Waals surface area contributed by atoms with E-state index in [-0.39, 0.29) is 45.3 Å². The number of carbonyl (C=O) groups is 2. The normalized spacial score (nSPS) is 26.2. The SMILES string of the molecule is CC1(C)CC(=O)C2=C(C1)OC(N)=C(C#N)C2c1cccc(C2C(C#N)=C(N)OC3=C2C(=O)CC(C)(C)C3)c1. The molecule has 0 aromatic heterocycles. The van der Waals surface area contributed by atoms with E-state index >= 15 is 0 Å². The highest BCUT2D eigenvalue weighted by atomic mass is 16.5. The fourth-order valence-electron chi connectivity index (χ4n) is 6.15. The van der Waals surface area contributed by atoms with E-state index in [1.165, 1.54) is 0 Å². The van der Waals surface area contributed by atoms with Crippen molar-refractivity contribution in [2.45, 2.75) is 65.2 Å². The number of Topliss-reactive ketones (excluding diaryl/α,β-unsaturated/α-hetero) is 2. The predicted octanol–water partition coefficient (Wildman–Crippen LogP) is 4.59. The Kier molecular flexibility index (Phi) is 5.76. The van der Waals surface area contributed by atoms with Crippen LogP contribution in [0.4, 0.5) is 0 Å². The van der Waals surface area contributed by atoms with Crippen LogP contribution in [0, 0.1) is 33.5 Å². The number of nitriles is 2. The summed E-state index contributed by atoms with van der Waals surface area (Å²) in [6.07, 6.45) is 1.68. The van der Waals surface area contributed by atoms with Crippen LogP contribution in [-0.2, 0) is 19.1 Å². The Labute approximate surface area is 221 Å². The molecule has 0 amide bonds. The van der Waals surface area contributed by atoms with Crippen molar-refractivity contribution in [3.05, 3.63) is 81.0 Å². The third-order valence-corrected chi connectivity index (χ3v) is 7.73. The number of allylic oxidation sites excluding steroid dienone is 6. The molecule has 194 valence electrons. The van der Waals surface area contributed by atoms with Crippen LogP contribution in [-0.4, -0.2) is 11.6 Å². The van der Waals surface area contributed by atoms with Crippen molar-refractivity contribution >= 4 is 11.6 Å². The molecule has 2 unspecified atom stereocenters. The number of ketones is 2. The highest BCUT2D eigenvalue weighted by molar-refractivity contribution is 6.01. The van der Waals surface area contributed by atoms with E-state index in [1.54, 1.807) is 6.07 Å². The quantitative estimate of drug-likeness (QED) is 0.586. The lowest BCUT2D eigenvalue weighted by molar-refractivity contribution is -0.119. The Balaban J connectivity index is 1.67. The summed E-state index contributed by atoms with van der Waals surface area (Å²) in [6, 6.07) is 11.5. The maximum absolute atomic E-state index is 13.4. The van der Waals surface area contributed by atoms with Gasteiger partial charge in [-0.05, 0) is 22.0 Å². The number of nitrogens with two attached hydrogens (primary N) is 2. The minimum atomic E-state index is -0.714. The van der Waals surface area contributed by atoms with Gasteiger partial charge in [0, 0.05) is 36.8 Å². The average molecular weight is 511 g/mol. The molecule has 8 heteroatoms. The molecule has 2 heterocycles. The molecule has 0 saturated heterocycles. The molecule has 0 radical (unpaired) electrons. The van der Waals surface area contributed by atoms with Crippen LogP contribution in [0.3, 0.4) is 0 Å². The molecule has 0 saturated carbocycles. The van der Waals surface area contributed by atoms with Crippen molar-refractivity contribution < 1.29 is 19.1 Å². The van der Waals surface area contributed by atoms with Gasteiger partial charge in [0.1, 0.15) is 34.8 Å². The first-order valence-electron chi connectivity index (χ1n) is 12.6. The van der Waals surface area contributed by atoms with Gasteiger partial charge in [-0.2, -0.15) is 10.5 Å². The van der Waals surface area contributed by atoms with Gasteiger partial charge in [0.25, 0.3) is 0 Å². The van der Waals surface area contributed by atoms with Gasteiger partial charge in [-0.3, -0.25) is 9.59 Å². The molecule has 0 spiro atoms. The second kappa shape index (κ2) is 8.63. The largest absolute Gasteiger partial charge is 0.444 e. The molecule has 4 aliphatic rings. The fraction of sp³-hybridized carbons (Fsp3) is 0.400. The van der Waals surface area contributed by atoms with Crippen molar-refractivity contribution in [3.8, 4) is 12.1 Å². The fourth-order valence-corrected chi connectivity index (χ4v) is 6.15. The summed E-state index contributed by atoms with van der Waals surface area (Å²) in [7, 11) is 0. The van der Waals surface area contributed by atoms with Crippen LogP contribution in [0.2, 0.25) is 0 Å². The molecule has 2 aliphatic heterocycles. The van der Waals surface area contributed by atoms with Gasteiger partial charge in [-0.1, -0.05) is 52.0 Å². The predicted molar refractivity (Wildman–Crippen MR) is 138 cm³/mol. The first-order valence-corrected chi connectivity index (χ1v) is 12.6. The molecule has 5 rings (SSSR count). The van der Waals surface area contributed by atoms with Gasteiger partial charge in [0.15, 0.2) is 11.6 Å². The van der Waals surface area contributed by atoms with E-state index in [4.69, 9.17) is 20.9 Å². The first kappa shape index (κ1) is 25.4. The lowest BCUT2D eigenvalue weighted by Crippen LogP contribution is -2.34. The second-order valence-corrected chi connectivity index (χ2v) is 12.1. The first-order chi connectivity index (χ1) is 17.9. The number of nitrogens with zero attached hydrogens (tertiary/aromatic N) is 2. The highest BCUT2D eigenvalue weighted by Gasteiger charge is 2.45. The third-order valence-electron chi connectivity index (χ3n) is 7.73. The number of carbonyl (C=O) groups excluding carboxylic acids is 2. The minimum absolute atomic E-state index is 0.0187. The molecule has 2 aliphatic carbocycles. The lowest BCUT2D eigenvalue weighted by Gasteiger charge is -2.38. The number of hydrogen-bond acceptors (Lipinski definition) is 8. The molecular weight excluding hydrogens is 480 g/mol. The highest BCUT2D eigenvalue weighted by Crippen LogP contribution is 2.50. The number of ether oxygens (including phenoxy) is 2. The van der Waals surface area contributed by atoms with Crippen LogP contribution < -0.4 is 11.5 Å². The van der Waals surface area contributed by atoms with E-state index in [2.05, 4.69) is 12.1 Å². The lowest BCUT2D eigenvalue weighted by atomic mass is 9.68. The summed E-state index contributed by atoms with van der Waals surface area (Å²) in [6.45, 7) is 7.97. The molecule has 0 bridgehead atoms. The van der Waals surface area contributed by atoms with Crippen molar-refractivity contribution in [2.75, 3.05) is 0 Å². The Morgan fingerprint density at radius 2 is 1.16 bits per heavy atom. The summed E-state index contributed by atoms with van der Waals surface area (Å²) in [5, 5.41) is 20.0. The molecule has 0 fully saturated rings. The topological polar surface area (TPSA) is 152 Å². The molecule has 1 aromatic carbocycles. The van der Waals surface area contributed by atoms with E-state index in [9.17, 15) is 20.1 Å². The Bertz CT molecular complexity index is 1400. The van der Waals surface area contributed by atoms with E-state index in [1.807, 2.05) is 45.9 Å². The summed E-state index contributed by atoms with van der Waals surface area (Å²) in [5.41, 5.74) is 14.3. The molecule has 1 aromatic rings. The van der Waals surface area contributed by atoms with E-state index in [0.717, 1.165) is 0 Å². The van der Waals surface area contributed by atoms with Gasteiger partial charge >= 0.3 is 0 Å². The molecule has 38 heavy (non-hydrogen) atoms. The van der Waals surface area contributed by atoms with Crippen LogP contribution in [0.5, 0.6) is 0 Å². The summed E-state index contributed by atoms with van der Waals surface area (Å²) in [4.78, 5) is 26.7. The number of benzene rings is 1. The van der Waals surface area contributed by atoms with Crippen molar-refractivity contribution in [2.24, 2.45) is 22.3 Å². The standard InChI is InChI=1S/C30H30N4O4/c1-29(2)9-19(35)25-21(11-29)37-27(33)17(13-31)23(25)15-6-5-7-16(8-15)24-18(14-32)28(34)38-22-12-30(3,4)10-20(36)26(22)24/h5-8,23-24H,9-12,33-34H2,1-4H3. The van der Waals surface area contributed by atoms with Gasteiger partial charge in [-0.15, -0.1) is 0 Å². The summed E-state index contributed by atoms with van der Waals surface area (Å²) in [5.74, 6) is -0.670. The zero-order chi connectivity index (χ0) is 27.6. The van der Waals surface area contributed by atoms with Gasteiger partial charge in [0.05, 0.1) is 11.8 Å². The Hall–Kier alpha value is -4.30. The van der Waals surface area contributed by atoms with Crippen LogP contribution >= 0.6 is 0 Å². The molecule has 2 atom stereocenters. The second-order valence-electron chi connectivity index (χ2n) is 12.1. The molecular formula is C30H30N4O4. The number of hydrogen-bond donors (Lipinski definition) is 2. The van der Waals surface area contributed by atoms with Gasteiger partial charge < -0.3 is 20.9 Å². The smallest absolute Gasteiger partial charge is 0.205 e. The summed E-state index contributed by atoms with van der Waals surface area (Å²) >= 11 is 0. The van der Waals surface area contributed by atoms with Gasteiger partial charge in [0.2, 0.25) is 11.8 Å². The number of rotatable bonds is 2. The zero-order valence-corrected chi connectivity index (χ0v) is 22.0. The van der Waals surface area contributed by atoms with Gasteiger partial charge in [-0.25, -0.2) is 0 Å². The third kappa shape index (κ3) is 4.07. The molecule has 4 N–H and O–H groups in total.